The lowest BCUT2D eigenvalue weighted by atomic mass is 10.1. The van der Waals surface area contributed by atoms with Gasteiger partial charge in [0.15, 0.2) is 47.9 Å². The Labute approximate surface area is 857 Å². The minimum atomic E-state index is -3.25. The van der Waals surface area contributed by atoms with Crippen molar-refractivity contribution in [3.8, 4) is 67.8 Å². The summed E-state index contributed by atoms with van der Waals surface area (Å²) < 4.78 is 70.0. The Morgan fingerprint density at radius 2 is 0.717 bits per heavy atom. The van der Waals surface area contributed by atoms with Gasteiger partial charge in [0.1, 0.15) is 40.6 Å². The summed E-state index contributed by atoms with van der Waals surface area (Å²) in [5, 5.41) is 51.3. The number of benzene rings is 10. The average Bonchev–Trinajstić information content (AvgIpc) is 1.63. The van der Waals surface area contributed by atoms with E-state index in [0.29, 0.717) is 65.0 Å². The van der Waals surface area contributed by atoms with Crippen molar-refractivity contribution in [1.29, 1.82) is 0 Å². The van der Waals surface area contributed by atoms with Crippen LogP contribution in [0.15, 0.2) is 330 Å². The molecule has 0 bridgehead atoms. The van der Waals surface area contributed by atoms with Crippen LogP contribution in [-0.4, -0.2) is 141 Å². The van der Waals surface area contributed by atoms with Crippen molar-refractivity contribution in [3.63, 3.8) is 0 Å². The molecule has 21 rings (SSSR count). The standard InChI is InChI=1S/C22H18BrCl2N5O.2C19H14BrClN4O2S.C19H14BrClN4O.C19H15BrN4O/c23-18-13-26-30-21(12-20(28-22(18)30)17-6-1-14(24)11-19(17)25)27-15-2-4-16(5-3-15)29-7-9-31-10-8-29;1-28(26,27)15-8-6-14(7-9-15)23-18-10-17(12-2-4-13(21)5-3-12)24-19-16(20)11-22-25(18)19;1-28(26,27)13-8-6-12(7-9-13)23-18-10-17(14-4-2-3-5-16(14)21)24-19-15(20)11-22-25(18)19;1-26-17-8-3-2-7-14(17)16-10-18(23-13-6-4-5-12(21)9-13)25-19(24-16)15(20)11-22-25;1-12-5-2-3-8-15(12)17-10-18(22-13-6-4-7-14(25)9-13)24-19(23-17)16(20)11-21-24/h1-6,11-13,27H,7-10H2;2*2-11,23H,1H3;2-11,23H,1H3;2-11,22,25H,1H3. The number of halogens is 10. The number of hydrogen-bond acceptors (Lipinski definition) is 23. The number of fused-ring (bicyclic) bond motifs is 5. The Morgan fingerprint density at radius 1 is 0.355 bits per heavy atom. The smallest absolute Gasteiger partial charge is 0.175 e. The van der Waals surface area contributed by atoms with E-state index >= 15 is 0 Å². The van der Waals surface area contributed by atoms with E-state index in [1.165, 1.54) is 18.2 Å². The highest BCUT2D eigenvalue weighted by atomic mass is 79.9. The molecule has 28 nitrogen and oxygen atoms in total. The summed E-state index contributed by atoms with van der Waals surface area (Å²) in [5.41, 5.74) is 18.1. The molecule has 696 valence electrons. The van der Waals surface area contributed by atoms with Gasteiger partial charge in [0.2, 0.25) is 0 Å². The lowest BCUT2D eigenvalue weighted by Gasteiger charge is -2.29. The fraction of sp³-hybridized carbons (Fsp3) is 0.0816. The van der Waals surface area contributed by atoms with E-state index < -0.39 is 19.7 Å². The van der Waals surface area contributed by atoms with Gasteiger partial charge in [-0.2, -0.15) is 48.1 Å². The molecule has 0 atom stereocenters. The zero-order valence-electron chi connectivity index (χ0n) is 72.8. The number of nitrogens with zero attached hydrogens (tertiary/aromatic N) is 16. The van der Waals surface area contributed by atoms with Crippen LogP contribution >= 0.6 is 138 Å². The molecule has 0 saturated carbocycles. The van der Waals surface area contributed by atoms with Gasteiger partial charge in [0.25, 0.3) is 0 Å². The van der Waals surface area contributed by atoms with Gasteiger partial charge in [-0.25, -0.2) is 41.8 Å². The number of morpholine rings is 1. The highest BCUT2D eigenvalue weighted by molar-refractivity contribution is 9.11. The molecule has 0 amide bonds. The number of phenolic OH excluding ortho intramolecular Hbond substituents is 1. The molecule has 1 saturated heterocycles. The van der Waals surface area contributed by atoms with Crippen LogP contribution in [0, 0.1) is 6.92 Å². The minimum absolute atomic E-state index is 0.205. The average molecular weight is 2300 g/mol. The van der Waals surface area contributed by atoms with Crippen molar-refractivity contribution >= 4 is 249 Å². The number of sulfone groups is 2. The van der Waals surface area contributed by atoms with E-state index in [1.807, 2.05) is 152 Å². The van der Waals surface area contributed by atoms with E-state index in [1.54, 1.807) is 140 Å². The summed E-state index contributed by atoms with van der Waals surface area (Å²) >= 11 is 48.4. The van der Waals surface area contributed by atoms with Gasteiger partial charge in [-0.05, 0) is 244 Å². The Balaban J connectivity index is 0.000000120. The zero-order valence-corrected chi connectivity index (χ0v) is 86.1. The molecule has 1 aliphatic rings. The molecule has 1 aliphatic heterocycles. The van der Waals surface area contributed by atoms with Crippen molar-refractivity contribution in [2.45, 2.75) is 16.7 Å². The molecule has 11 heterocycles. The number of rotatable bonds is 19. The van der Waals surface area contributed by atoms with Gasteiger partial charge >= 0.3 is 0 Å². The maximum atomic E-state index is 11.7. The Bertz CT molecular complexity index is 8170. The number of anilines is 11. The van der Waals surface area contributed by atoms with Crippen LogP contribution in [-0.2, 0) is 24.4 Å². The first kappa shape index (κ1) is 97.1. The Hall–Kier alpha value is -12.6. The number of methoxy groups -OCH3 is 1. The van der Waals surface area contributed by atoms with Gasteiger partial charge in [-0.1, -0.05) is 137 Å². The molecule has 0 aliphatic carbocycles. The molecule has 0 radical (unpaired) electrons. The van der Waals surface area contributed by atoms with Crippen LogP contribution in [0.2, 0.25) is 25.1 Å². The second-order valence-electron chi connectivity index (χ2n) is 30.8. The zero-order chi connectivity index (χ0) is 96.6. The first-order valence-electron chi connectivity index (χ1n) is 41.8. The van der Waals surface area contributed by atoms with Crippen LogP contribution in [0.1, 0.15) is 5.56 Å². The normalized spacial score (nSPS) is 12.0. The van der Waals surface area contributed by atoms with Crippen molar-refractivity contribution in [2.24, 2.45) is 0 Å². The number of aromatic hydroxyl groups is 1. The number of ether oxygens (including phenoxy) is 2. The predicted molar refractivity (Wildman–Crippen MR) is 566 cm³/mol. The van der Waals surface area contributed by atoms with Gasteiger partial charge in [0.05, 0.1) is 117 Å². The Kier molecular flexibility index (Phi) is 30.1. The van der Waals surface area contributed by atoms with E-state index in [-0.39, 0.29) is 15.5 Å². The lowest BCUT2D eigenvalue weighted by molar-refractivity contribution is 0.122. The quantitative estimate of drug-likeness (QED) is 0.0438. The summed E-state index contributed by atoms with van der Waals surface area (Å²) in [5.74, 6) is 4.62. The van der Waals surface area contributed by atoms with E-state index in [2.05, 4.69) is 190 Å². The lowest BCUT2D eigenvalue weighted by Crippen LogP contribution is -2.36. The molecule has 138 heavy (non-hydrogen) atoms. The van der Waals surface area contributed by atoms with Crippen LogP contribution in [0.4, 0.5) is 63.2 Å². The summed E-state index contributed by atoms with van der Waals surface area (Å²) in [6.07, 6.45) is 10.9. The largest absolute Gasteiger partial charge is 0.508 e. The molecule has 20 aromatic rings. The van der Waals surface area contributed by atoms with Crippen LogP contribution in [0.25, 0.3) is 84.5 Å². The van der Waals surface area contributed by atoms with Crippen molar-refractivity contribution in [2.75, 3.05) is 77.4 Å². The van der Waals surface area contributed by atoms with Crippen molar-refractivity contribution < 1.29 is 31.4 Å². The first-order chi connectivity index (χ1) is 66.5. The second kappa shape index (κ2) is 42.8. The molecular formula is C98H75Br5Cl5N21O7S2. The molecule has 10 aromatic carbocycles. The number of hydrogen-bond donors (Lipinski definition) is 6. The summed E-state index contributed by atoms with van der Waals surface area (Å²) in [4.78, 5) is 26.4. The Morgan fingerprint density at radius 3 is 1.14 bits per heavy atom. The van der Waals surface area contributed by atoms with E-state index in [9.17, 15) is 21.9 Å². The van der Waals surface area contributed by atoms with Gasteiger partial charge in [-0.15, -0.1) is 0 Å². The van der Waals surface area contributed by atoms with Gasteiger partial charge in [-0.3, -0.25) is 0 Å². The molecule has 6 N–H and O–H groups in total. The number of aromatic nitrogens is 15. The topological polar surface area (TPSA) is 321 Å². The predicted octanol–water partition coefficient (Wildman–Crippen LogP) is 26.4. The maximum Gasteiger partial charge on any atom is 0.175 e. The number of para-hydroxylation sites is 1. The summed E-state index contributed by atoms with van der Waals surface area (Å²) in [6, 6.07) is 81.7. The highest BCUT2D eigenvalue weighted by Gasteiger charge is 2.23. The van der Waals surface area contributed by atoms with Crippen LogP contribution < -0.4 is 36.2 Å². The van der Waals surface area contributed by atoms with Crippen molar-refractivity contribution in [3.05, 3.63) is 351 Å². The van der Waals surface area contributed by atoms with Gasteiger partial charge in [0, 0.05) is 144 Å². The van der Waals surface area contributed by atoms with E-state index in [0.717, 1.165) is 162 Å². The minimum Gasteiger partial charge on any atom is -0.508 e. The van der Waals surface area contributed by atoms with E-state index in [4.69, 9.17) is 82.4 Å². The molecular weight excluding hydrogens is 2220 g/mol. The number of aryl methyl sites for hydroxylation is 1. The number of nitrogens with one attached hydrogen (secondary N) is 5. The molecule has 40 heteroatoms. The fourth-order valence-electron chi connectivity index (χ4n) is 14.6. The van der Waals surface area contributed by atoms with Gasteiger partial charge < -0.3 is 46.1 Å². The van der Waals surface area contributed by atoms with Crippen molar-refractivity contribution in [1.82, 2.24) is 73.0 Å². The molecule has 1 fully saturated rings. The van der Waals surface area contributed by atoms with Crippen LogP contribution in [0.3, 0.4) is 0 Å². The third-order valence-electron chi connectivity index (χ3n) is 21.3. The third kappa shape index (κ3) is 22.9. The SMILES string of the molecule is COc1ccccc1-c1cc(Nc2cccc(Cl)c2)n2ncc(Br)c2n1.CS(=O)(=O)c1ccc(Nc2cc(-c3ccc(Cl)cc3)nc3c(Br)cnn23)cc1.CS(=O)(=O)c1ccc(Nc2cc(-c3ccccc3Cl)nc3c(Br)cnn23)cc1.Cc1ccccc1-c1cc(Nc2cccc(O)c2)n2ncc(Br)c2n1.Clc1ccc(-c2cc(Nc3ccc(N4CCOCC4)cc3)n3ncc(Br)c3n2)c(Cl)c1. The fourth-order valence-corrected chi connectivity index (χ4v) is 18.6. The third-order valence-corrected chi connectivity index (χ3v) is 27.7. The first-order valence-corrected chi connectivity index (χ1v) is 51.4. The molecule has 10 aromatic heterocycles. The highest BCUT2D eigenvalue weighted by Crippen LogP contribution is 2.40. The molecule has 0 unspecified atom stereocenters. The number of phenols is 1. The summed E-state index contributed by atoms with van der Waals surface area (Å²) in [7, 11) is -4.84. The monoisotopic (exact) mass is 2290 g/mol. The maximum absolute atomic E-state index is 11.7. The van der Waals surface area contributed by atoms with Crippen LogP contribution in [0.5, 0.6) is 11.5 Å². The second-order valence-corrected chi connectivity index (χ2v) is 41.3. The molecule has 0 spiro atoms. The summed E-state index contributed by atoms with van der Waals surface area (Å²) in [6.45, 7) is 5.40.